The van der Waals surface area contributed by atoms with Gasteiger partial charge >= 0.3 is 0 Å². The Morgan fingerprint density at radius 1 is 1.00 bits per heavy atom. The zero-order chi connectivity index (χ0) is 22.3. The van der Waals surface area contributed by atoms with E-state index in [9.17, 15) is 13.2 Å². The van der Waals surface area contributed by atoms with Gasteiger partial charge in [-0.2, -0.15) is 0 Å². The first kappa shape index (κ1) is 23.5. The molecule has 0 spiro atoms. The maximum atomic E-state index is 12.7. The van der Waals surface area contributed by atoms with Crippen LogP contribution in [0.4, 0.5) is 0 Å². The van der Waals surface area contributed by atoms with Gasteiger partial charge in [-0.1, -0.05) is 68.4 Å². The van der Waals surface area contributed by atoms with Gasteiger partial charge in [0.1, 0.15) is 0 Å². The van der Waals surface area contributed by atoms with E-state index in [0.29, 0.717) is 38.4 Å². The highest BCUT2D eigenvalue weighted by Crippen LogP contribution is 2.22. The minimum atomic E-state index is -3.34. The molecule has 1 amide bonds. The van der Waals surface area contributed by atoms with Crippen LogP contribution in [0.5, 0.6) is 0 Å². The Bertz CT molecular complexity index is 932. The Hall–Kier alpha value is -2.18. The molecule has 1 heterocycles. The fraction of sp³-hybridized carbons (Fsp3) is 0.480. The second-order valence-electron chi connectivity index (χ2n) is 8.71. The lowest BCUT2D eigenvalue weighted by Crippen LogP contribution is -2.43. The molecule has 1 N–H and O–H groups in total. The zero-order valence-corrected chi connectivity index (χ0v) is 19.4. The predicted molar refractivity (Wildman–Crippen MR) is 125 cm³/mol. The second kappa shape index (κ2) is 10.9. The first-order valence-electron chi connectivity index (χ1n) is 11.2. The second-order valence-corrected chi connectivity index (χ2v) is 10.7. The van der Waals surface area contributed by atoms with Gasteiger partial charge in [-0.05, 0) is 48.3 Å². The third kappa shape index (κ3) is 6.91. The molecule has 0 unspecified atom stereocenters. The lowest BCUT2D eigenvalue weighted by molar-refractivity contribution is -0.126. The van der Waals surface area contributed by atoms with Crippen LogP contribution in [-0.4, -0.2) is 38.3 Å². The number of nitrogens with zero attached hydrogens (tertiary/aromatic N) is 1. The van der Waals surface area contributed by atoms with Crippen molar-refractivity contribution in [2.24, 2.45) is 5.92 Å². The Morgan fingerprint density at radius 3 is 2.26 bits per heavy atom. The van der Waals surface area contributed by atoms with E-state index in [1.54, 1.807) is 0 Å². The number of benzene rings is 2. The van der Waals surface area contributed by atoms with E-state index in [1.165, 1.54) is 15.4 Å². The highest BCUT2D eigenvalue weighted by atomic mass is 32.2. The van der Waals surface area contributed by atoms with Gasteiger partial charge in [0.25, 0.3) is 0 Å². The summed E-state index contributed by atoms with van der Waals surface area (Å²) in [6.07, 6.45) is 3.00. The van der Waals surface area contributed by atoms with E-state index < -0.39 is 10.0 Å². The average molecular weight is 443 g/mol. The molecule has 0 atom stereocenters. The molecule has 1 aliphatic rings. The third-order valence-corrected chi connectivity index (χ3v) is 7.85. The number of carbonyl (C=O) groups is 1. The summed E-state index contributed by atoms with van der Waals surface area (Å²) in [6.45, 7) is 5.85. The lowest BCUT2D eigenvalue weighted by Gasteiger charge is -2.30. The zero-order valence-electron chi connectivity index (χ0n) is 18.6. The molecule has 2 aromatic carbocycles. The summed E-state index contributed by atoms with van der Waals surface area (Å²) in [4.78, 5) is 12.5. The summed E-state index contributed by atoms with van der Waals surface area (Å²) in [7, 11) is -3.34. The summed E-state index contributed by atoms with van der Waals surface area (Å²) in [5.74, 6) is 0.500. The van der Waals surface area contributed by atoms with Gasteiger partial charge in [-0.3, -0.25) is 4.79 Å². The van der Waals surface area contributed by atoms with E-state index >= 15 is 0 Å². The molecule has 1 aliphatic heterocycles. The maximum absolute atomic E-state index is 12.7. The number of hydrogen-bond acceptors (Lipinski definition) is 3. The van der Waals surface area contributed by atoms with Gasteiger partial charge < -0.3 is 5.32 Å². The molecule has 2 aromatic rings. The van der Waals surface area contributed by atoms with Crippen LogP contribution in [0.1, 0.15) is 55.7 Å². The van der Waals surface area contributed by atoms with Crippen LogP contribution in [0.15, 0.2) is 54.6 Å². The number of nitrogens with one attached hydrogen (secondary N) is 1. The van der Waals surface area contributed by atoms with Gasteiger partial charge in [-0.15, -0.1) is 0 Å². The predicted octanol–water partition coefficient (Wildman–Crippen LogP) is 4.10. The van der Waals surface area contributed by atoms with Gasteiger partial charge in [0.05, 0.1) is 5.75 Å². The number of hydrogen-bond donors (Lipinski definition) is 1. The molecule has 168 valence electrons. The van der Waals surface area contributed by atoms with Crippen LogP contribution in [0.2, 0.25) is 0 Å². The van der Waals surface area contributed by atoms with Crippen LogP contribution in [0.3, 0.4) is 0 Å². The number of carbonyl (C=O) groups excluding carboxylic acids is 1. The highest BCUT2D eigenvalue weighted by Gasteiger charge is 2.30. The van der Waals surface area contributed by atoms with Crippen molar-refractivity contribution in [3.63, 3.8) is 0 Å². The summed E-state index contributed by atoms with van der Waals surface area (Å²) >= 11 is 0. The topological polar surface area (TPSA) is 66.5 Å². The number of aryl methyl sites for hydroxylation is 1. The Labute approximate surface area is 186 Å². The minimum Gasteiger partial charge on any atom is -0.356 e. The monoisotopic (exact) mass is 442 g/mol. The molecule has 5 nitrogen and oxygen atoms in total. The summed E-state index contributed by atoms with van der Waals surface area (Å²) in [5, 5.41) is 3.04. The van der Waals surface area contributed by atoms with Crippen molar-refractivity contribution in [1.82, 2.24) is 9.62 Å². The molecule has 0 aromatic heterocycles. The number of piperidine rings is 1. The standard InChI is InChI=1S/C25H34N2O3S/c1-20(2)23-12-10-21(11-13-23)9-6-16-26-25(28)24-14-17-27(18-15-24)31(29,30)19-22-7-4-3-5-8-22/h3-5,7-8,10-13,20,24H,6,9,14-19H2,1-2H3,(H,26,28). The van der Waals surface area contributed by atoms with Crippen molar-refractivity contribution < 1.29 is 13.2 Å². The molecular weight excluding hydrogens is 408 g/mol. The summed E-state index contributed by atoms with van der Waals surface area (Å²) in [5.41, 5.74) is 3.42. The van der Waals surface area contributed by atoms with Crippen molar-refractivity contribution in [2.45, 2.75) is 51.2 Å². The number of rotatable bonds is 9. The molecule has 0 aliphatic carbocycles. The van der Waals surface area contributed by atoms with Crippen LogP contribution in [0, 0.1) is 5.92 Å². The van der Waals surface area contributed by atoms with E-state index in [4.69, 9.17) is 0 Å². The van der Waals surface area contributed by atoms with E-state index in [-0.39, 0.29) is 17.6 Å². The molecule has 0 bridgehead atoms. The Kier molecular flexibility index (Phi) is 8.27. The first-order chi connectivity index (χ1) is 14.8. The van der Waals surface area contributed by atoms with E-state index in [0.717, 1.165) is 18.4 Å². The summed E-state index contributed by atoms with van der Waals surface area (Å²) in [6, 6.07) is 17.9. The fourth-order valence-electron chi connectivity index (χ4n) is 3.99. The van der Waals surface area contributed by atoms with Crippen molar-refractivity contribution in [3.8, 4) is 0 Å². The molecule has 0 radical (unpaired) electrons. The quantitative estimate of drug-likeness (QED) is 0.595. The van der Waals surface area contributed by atoms with Gasteiger partial charge in [-0.25, -0.2) is 12.7 Å². The Balaban J connectivity index is 1.38. The molecule has 0 saturated carbocycles. The van der Waals surface area contributed by atoms with Crippen molar-refractivity contribution in [2.75, 3.05) is 19.6 Å². The van der Waals surface area contributed by atoms with Crippen molar-refractivity contribution >= 4 is 15.9 Å². The van der Waals surface area contributed by atoms with Gasteiger partial charge in [0.15, 0.2) is 0 Å². The highest BCUT2D eigenvalue weighted by molar-refractivity contribution is 7.88. The Morgan fingerprint density at radius 2 is 1.65 bits per heavy atom. The van der Waals surface area contributed by atoms with E-state index in [1.807, 2.05) is 30.3 Å². The maximum Gasteiger partial charge on any atom is 0.223 e. The third-order valence-electron chi connectivity index (χ3n) is 6.00. The number of sulfonamides is 1. The molecule has 6 heteroatoms. The summed E-state index contributed by atoms with van der Waals surface area (Å²) < 4.78 is 26.9. The number of amides is 1. The van der Waals surface area contributed by atoms with Crippen LogP contribution in [0.25, 0.3) is 0 Å². The SMILES string of the molecule is CC(C)c1ccc(CCCNC(=O)C2CCN(S(=O)(=O)Cc3ccccc3)CC2)cc1. The normalized spacial score (nSPS) is 15.8. The molecule has 31 heavy (non-hydrogen) atoms. The largest absolute Gasteiger partial charge is 0.356 e. The van der Waals surface area contributed by atoms with Crippen LogP contribution in [-0.2, 0) is 27.0 Å². The van der Waals surface area contributed by atoms with Crippen LogP contribution >= 0.6 is 0 Å². The molecule has 1 fully saturated rings. The van der Waals surface area contributed by atoms with E-state index in [2.05, 4.69) is 43.4 Å². The van der Waals surface area contributed by atoms with Crippen molar-refractivity contribution in [1.29, 1.82) is 0 Å². The smallest absolute Gasteiger partial charge is 0.223 e. The minimum absolute atomic E-state index is 0.0167. The van der Waals surface area contributed by atoms with Crippen molar-refractivity contribution in [3.05, 3.63) is 71.3 Å². The molecule has 1 saturated heterocycles. The lowest BCUT2D eigenvalue weighted by atomic mass is 9.97. The van der Waals surface area contributed by atoms with Gasteiger partial charge in [0, 0.05) is 25.6 Å². The first-order valence-corrected chi connectivity index (χ1v) is 12.8. The fourth-order valence-corrected chi connectivity index (χ4v) is 5.55. The molecular formula is C25H34N2O3S. The van der Waals surface area contributed by atoms with Crippen LogP contribution < -0.4 is 5.32 Å². The average Bonchev–Trinajstić information content (AvgIpc) is 2.77. The molecule has 3 rings (SSSR count). The van der Waals surface area contributed by atoms with Gasteiger partial charge in [0.2, 0.25) is 15.9 Å².